The van der Waals surface area contributed by atoms with E-state index in [1.807, 2.05) is 0 Å². The molecule has 0 aromatic carbocycles. The van der Waals surface area contributed by atoms with E-state index in [-0.39, 0.29) is 0 Å². The average Bonchev–Trinajstić information content (AvgIpc) is 2.12. The highest BCUT2D eigenvalue weighted by atomic mass is 14.3. The highest BCUT2D eigenvalue weighted by Crippen LogP contribution is 2.30. The Morgan fingerprint density at radius 2 is 1.58 bits per heavy atom. The van der Waals surface area contributed by atoms with Crippen LogP contribution in [0.5, 0.6) is 0 Å². The van der Waals surface area contributed by atoms with Gasteiger partial charge in [0, 0.05) is 0 Å². The lowest BCUT2D eigenvalue weighted by Gasteiger charge is -2.29. The molecule has 0 nitrogen and oxygen atoms in total. The molecule has 0 aromatic rings. The molecule has 3 unspecified atom stereocenters. The molecule has 0 aliphatic carbocycles. The lowest BCUT2D eigenvalue weighted by Crippen LogP contribution is -2.20. The third-order valence-corrected chi connectivity index (χ3v) is 3.67. The molecule has 0 heteroatoms. The van der Waals surface area contributed by atoms with E-state index < -0.39 is 0 Å². The zero-order valence-corrected chi connectivity index (χ0v) is 9.65. The van der Waals surface area contributed by atoms with Crippen molar-refractivity contribution in [3.05, 3.63) is 5.92 Å². The average molecular weight is 169 g/mol. The summed E-state index contributed by atoms with van der Waals surface area (Å²) in [7, 11) is 0. The SMILES string of the molecule is CC[C](C)C(C)C(C)C(C)CC. The minimum atomic E-state index is 0.796. The van der Waals surface area contributed by atoms with Gasteiger partial charge in [0.15, 0.2) is 0 Å². The predicted octanol–water partition coefficient (Wildman–Crippen LogP) is 4.31. The topological polar surface area (TPSA) is 0 Å². The summed E-state index contributed by atoms with van der Waals surface area (Å²) >= 11 is 0. The van der Waals surface area contributed by atoms with Gasteiger partial charge in [-0.3, -0.25) is 0 Å². The van der Waals surface area contributed by atoms with Gasteiger partial charge >= 0.3 is 0 Å². The molecule has 0 aromatic heterocycles. The van der Waals surface area contributed by atoms with Crippen molar-refractivity contribution < 1.29 is 0 Å². The summed E-state index contributed by atoms with van der Waals surface area (Å²) in [5.41, 5.74) is 0. The fourth-order valence-corrected chi connectivity index (χ4v) is 1.64. The molecule has 0 N–H and O–H groups in total. The van der Waals surface area contributed by atoms with Crippen LogP contribution in [0.3, 0.4) is 0 Å². The molecule has 0 heterocycles. The van der Waals surface area contributed by atoms with Crippen molar-refractivity contribution in [2.24, 2.45) is 17.8 Å². The molecular formula is C12H25. The van der Waals surface area contributed by atoms with Crippen LogP contribution in [0.15, 0.2) is 0 Å². The van der Waals surface area contributed by atoms with Crippen molar-refractivity contribution >= 4 is 0 Å². The van der Waals surface area contributed by atoms with Crippen LogP contribution < -0.4 is 0 Å². The van der Waals surface area contributed by atoms with Gasteiger partial charge in [0.05, 0.1) is 0 Å². The number of hydrogen-bond acceptors (Lipinski definition) is 0. The van der Waals surface area contributed by atoms with Gasteiger partial charge in [0.1, 0.15) is 0 Å². The van der Waals surface area contributed by atoms with Crippen molar-refractivity contribution in [2.45, 2.75) is 54.4 Å². The molecule has 0 amide bonds. The second-order valence-electron chi connectivity index (χ2n) is 4.23. The molecule has 0 aliphatic heterocycles. The summed E-state index contributed by atoms with van der Waals surface area (Å²) in [6.07, 6.45) is 2.55. The van der Waals surface area contributed by atoms with Crippen LogP contribution >= 0.6 is 0 Å². The monoisotopic (exact) mass is 169 g/mol. The normalized spacial score (nSPS) is 19.2. The van der Waals surface area contributed by atoms with Crippen molar-refractivity contribution in [3.63, 3.8) is 0 Å². The van der Waals surface area contributed by atoms with Crippen LogP contribution in [0, 0.1) is 23.7 Å². The highest BCUT2D eigenvalue weighted by Gasteiger charge is 2.21. The van der Waals surface area contributed by atoms with Gasteiger partial charge in [-0.2, -0.15) is 0 Å². The third kappa shape index (κ3) is 3.16. The molecule has 0 saturated heterocycles. The molecule has 0 spiro atoms. The minimum Gasteiger partial charge on any atom is -0.0651 e. The Morgan fingerprint density at radius 1 is 1.08 bits per heavy atom. The Bertz CT molecular complexity index is 92.6. The van der Waals surface area contributed by atoms with E-state index in [0.717, 1.165) is 17.8 Å². The van der Waals surface area contributed by atoms with E-state index in [4.69, 9.17) is 0 Å². The highest BCUT2D eigenvalue weighted by molar-refractivity contribution is 4.91. The largest absolute Gasteiger partial charge is 0.0651 e. The summed E-state index contributed by atoms with van der Waals surface area (Å²) in [6, 6.07) is 0. The van der Waals surface area contributed by atoms with E-state index >= 15 is 0 Å². The summed E-state index contributed by atoms with van der Waals surface area (Å²) in [4.78, 5) is 0. The van der Waals surface area contributed by atoms with E-state index in [9.17, 15) is 0 Å². The van der Waals surface area contributed by atoms with E-state index in [2.05, 4.69) is 41.5 Å². The molecule has 12 heavy (non-hydrogen) atoms. The van der Waals surface area contributed by atoms with Crippen molar-refractivity contribution in [2.75, 3.05) is 0 Å². The van der Waals surface area contributed by atoms with Crippen LogP contribution in [-0.2, 0) is 0 Å². The minimum absolute atomic E-state index is 0.796. The molecule has 1 radical (unpaired) electrons. The summed E-state index contributed by atoms with van der Waals surface area (Å²) < 4.78 is 0. The Morgan fingerprint density at radius 3 is 1.92 bits per heavy atom. The Kier molecular flexibility index (Phi) is 5.61. The molecule has 73 valence electrons. The third-order valence-electron chi connectivity index (χ3n) is 3.67. The Hall–Kier alpha value is 0. The van der Waals surface area contributed by atoms with E-state index in [1.54, 1.807) is 5.92 Å². The molecule has 0 saturated carbocycles. The van der Waals surface area contributed by atoms with Gasteiger partial charge in [0.25, 0.3) is 0 Å². The van der Waals surface area contributed by atoms with Gasteiger partial charge in [-0.05, 0) is 30.1 Å². The Balaban J connectivity index is 3.99. The van der Waals surface area contributed by atoms with Crippen molar-refractivity contribution in [1.29, 1.82) is 0 Å². The van der Waals surface area contributed by atoms with Crippen LogP contribution in [0.4, 0.5) is 0 Å². The first kappa shape index (κ1) is 12.0. The maximum atomic E-state index is 2.39. The first-order valence-corrected chi connectivity index (χ1v) is 5.36. The van der Waals surface area contributed by atoms with Gasteiger partial charge in [-0.15, -0.1) is 0 Å². The fourth-order valence-electron chi connectivity index (χ4n) is 1.64. The summed E-state index contributed by atoms with van der Waals surface area (Å²) in [6.45, 7) is 14.0. The van der Waals surface area contributed by atoms with Crippen molar-refractivity contribution in [3.8, 4) is 0 Å². The maximum Gasteiger partial charge on any atom is -0.0244 e. The standard InChI is InChI=1S/C12H25/c1-7-9(3)11(5)12(6)10(4)8-2/h9,11-12H,7-8H2,1-6H3. The summed E-state index contributed by atoms with van der Waals surface area (Å²) in [5.74, 6) is 4.16. The van der Waals surface area contributed by atoms with Gasteiger partial charge in [0.2, 0.25) is 0 Å². The Labute approximate surface area is 78.8 Å². The maximum absolute atomic E-state index is 2.39. The van der Waals surface area contributed by atoms with E-state index in [1.165, 1.54) is 12.8 Å². The van der Waals surface area contributed by atoms with Crippen LogP contribution in [0.1, 0.15) is 54.4 Å². The summed E-state index contributed by atoms with van der Waals surface area (Å²) in [5, 5.41) is 0. The molecule has 0 aliphatic rings. The first-order valence-electron chi connectivity index (χ1n) is 5.36. The van der Waals surface area contributed by atoms with Gasteiger partial charge < -0.3 is 0 Å². The molecule has 3 atom stereocenters. The van der Waals surface area contributed by atoms with Crippen LogP contribution in [-0.4, -0.2) is 0 Å². The lowest BCUT2D eigenvalue weighted by molar-refractivity contribution is 0.277. The van der Waals surface area contributed by atoms with Crippen molar-refractivity contribution in [1.82, 2.24) is 0 Å². The molecular weight excluding hydrogens is 144 g/mol. The van der Waals surface area contributed by atoms with Gasteiger partial charge in [-0.1, -0.05) is 48.0 Å². The number of hydrogen-bond donors (Lipinski definition) is 0. The number of rotatable bonds is 5. The smallest absolute Gasteiger partial charge is 0.0244 e. The zero-order chi connectivity index (χ0) is 9.72. The predicted molar refractivity (Wildman–Crippen MR) is 57.0 cm³/mol. The van der Waals surface area contributed by atoms with Crippen LogP contribution in [0.2, 0.25) is 0 Å². The van der Waals surface area contributed by atoms with Crippen LogP contribution in [0.25, 0.3) is 0 Å². The first-order chi connectivity index (χ1) is 5.54. The fraction of sp³-hybridized carbons (Fsp3) is 0.917. The van der Waals surface area contributed by atoms with E-state index in [0.29, 0.717) is 0 Å². The second kappa shape index (κ2) is 5.61. The molecule has 0 rings (SSSR count). The quantitative estimate of drug-likeness (QED) is 0.575. The molecule has 0 bridgehead atoms. The second-order valence-corrected chi connectivity index (χ2v) is 4.23. The lowest BCUT2D eigenvalue weighted by atomic mass is 9.77. The van der Waals surface area contributed by atoms with Gasteiger partial charge in [-0.25, -0.2) is 0 Å². The molecule has 0 fully saturated rings. The zero-order valence-electron chi connectivity index (χ0n) is 9.65.